The predicted octanol–water partition coefficient (Wildman–Crippen LogP) is 2.83. The van der Waals surface area contributed by atoms with E-state index in [-0.39, 0.29) is 18.2 Å². The summed E-state index contributed by atoms with van der Waals surface area (Å²) in [5.41, 5.74) is 0.257. The third-order valence-corrected chi connectivity index (χ3v) is 5.00. The van der Waals surface area contributed by atoms with E-state index in [2.05, 4.69) is 21.2 Å². The Labute approximate surface area is 137 Å². The zero-order chi connectivity index (χ0) is 15.7. The standard InChI is InChI=1S/C16H18BrNO4/c17-10-3-4-13-11(7-10)12(9-22-13)15(21)18-16(8-14(19)20)5-1-2-6-16/h3-4,7,12H,1-2,5-6,8-9H2,(H,18,21)(H,19,20). The lowest BCUT2D eigenvalue weighted by molar-refractivity contribution is -0.139. The number of aliphatic carboxylic acids is 1. The highest BCUT2D eigenvalue weighted by Gasteiger charge is 2.40. The number of ether oxygens (including phenoxy) is 1. The van der Waals surface area contributed by atoms with E-state index >= 15 is 0 Å². The van der Waals surface area contributed by atoms with Gasteiger partial charge in [0, 0.05) is 10.0 Å². The minimum absolute atomic E-state index is 0.0162. The fraction of sp³-hybridized carbons (Fsp3) is 0.500. The number of halogens is 1. The predicted molar refractivity (Wildman–Crippen MR) is 84.0 cm³/mol. The van der Waals surface area contributed by atoms with Gasteiger partial charge in [-0.2, -0.15) is 0 Å². The number of hydrogen-bond donors (Lipinski definition) is 2. The van der Waals surface area contributed by atoms with Crippen LogP contribution in [0.5, 0.6) is 5.75 Å². The first-order chi connectivity index (χ1) is 10.5. The number of carbonyl (C=O) groups excluding carboxylic acids is 1. The van der Waals surface area contributed by atoms with Gasteiger partial charge in [0.1, 0.15) is 18.3 Å². The average molecular weight is 368 g/mol. The molecule has 22 heavy (non-hydrogen) atoms. The highest BCUT2D eigenvalue weighted by atomic mass is 79.9. The summed E-state index contributed by atoms with van der Waals surface area (Å²) in [5, 5.41) is 12.1. The first-order valence-electron chi connectivity index (χ1n) is 7.45. The number of rotatable bonds is 4. The summed E-state index contributed by atoms with van der Waals surface area (Å²) in [6.45, 7) is 0.306. The van der Waals surface area contributed by atoms with Crippen LogP contribution in [0.1, 0.15) is 43.6 Å². The molecule has 0 radical (unpaired) electrons. The normalized spacial score (nSPS) is 22.0. The third-order valence-electron chi connectivity index (χ3n) is 4.51. The van der Waals surface area contributed by atoms with Crippen molar-refractivity contribution in [3.05, 3.63) is 28.2 Å². The molecule has 0 bridgehead atoms. The molecule has 1 aliphatic heterocycles. The summed E-state index contributed by atoms with van der Waals surface area (Å²) in [7, 11) is 0. The molecular formula is C16H18BrNO4. The number of carboxylic acids is 1. The number of carbonyl (C=O) groups is 2. The van der Waals surface area contributed by atoms with Gasteiger partial charge in [0.25, 0.3) is 0 Å². The molecule has 1 aromatic carbocycles. The number of benzene rings is 1. The molecule has 2 aliphatic rings. The molecule has 1 fully saturated rings. The number of fused-ring (bicyclic) bond motifs is 1. The largest absolute Gasteiger partial charge is 0.492 e. The van der Waals surface area contributed by atoms with E-state index < -0.39 is 11.5 Å². The molecule has 1 unspecified atom stereocenters. The monoisotopic (exact) mass is 367 g/mol. The molecular weight excluding hydrogens is 350 g/mol. The highest BCUT2D eigenvalue weighted by Crippen LogP contribution is 2.38. The third kappa shape index (κ3) is 2.97. The minimum atomic E-state index is -0.868. The van der Waals surface area contributed by atoms with Crippen molar-refractivity contribution >= 4 is 27.8 Å². The van der Waals surface area contributed by atoms with Crippen LogP contribution in [0.25, 0.3) is 0 Å². The number of carboxylic acid groups (broad SMARTS) is 1. The van der Waals surface area contributed by atoms with E-state index in [1.807, 2.05) is 18.2 Å². The molecule has 1 aliphatic carbocycles. The van der Waals surface area contributed by atoms with Crippen molar-refractivity contribution in [2.24, 2.45) is 0 Å². The molecule has 118 valence electrons. The maximum Gasteiger partial charge on any atom is 0.305 e. The summed E-state index contributed by atoms with van der Waals surface area (Å²) >= 11 is 3.41. The molecule has 0 spiro atoms. The maximum atomic E-state index is 12.7. The van der Waals surface area contributed by atoms with Crippen LogP contribution in [0.2, 0.25) is 0 Å². The van der Waals surface area contributed by atoms with Crippen LogP contribution in [0.3, 0.4) is 0 Å². The summed E-state index contributed by atoms with van der Waals surface area (Å²) in [6, 6.07) is 5.61. The van der Waals surface area contributed by atoms with Crippen LogP contribution in [0.15, 0.2) is 22.7 Å². The molecule has 5 nitrogen and oxygen atoms in total. The van der Waals surface area contributed by atoms with Crippen LogP contribution in [0, 0.1) is 0 Å². The van der Waals surface area contributed by atoms with Crippen LogP contribution in [0.4, 0.5) is 0 Å². The molecule has 0 aromatic heterocycles. The van der Waals surface area contributed by atoms with Gasteiger partial charge in [-0.1, -0.05) is 28.8 Å². The summed E-state index contributed by atoms with van der Waals surface area (Å²) in [6.07, 6.45) is 3.35. The zero-order valence-electron chi connectivity index (χ0n) is 12.1. The van der Waals surface area contributed by atoms with Gasteiger partial charge in [-0.15, -0.1) is 0 Å². The van der Waals surface area contributed by atoms with Crippen molar-refractivity contribution in [2.45, 2.75) is 43.6 Å². The molecule has 1 aromatic rings. The van der Waals surface area contributed by atoms with Gasteiger partial charge in [0.05, 0.1) is 12.0 Å². The Morgan fingerprint density at radius 2 is 2.09 bits per heavy atom. The van der Waals surface area contributed by atoms with Gasteiger partial charge in [0.2, 0.25) is 5.91 Å². The number of amides is 1. The quantitative estimate of drug-likeness (QED) is 0.857. The number of hydrogen-bond acceptors (Lipinski definition) is 3. The molecule has 3 rings (SSSR count). The van der Waals surface area contributed by atoms with E-state index in [1.54, 1.807) is 0 Å². The van der Waals surface area contributed by atoms with Crippen molar-refractivity contribution in [1.82, 2.24) is 5.32 Å². The van der Waals surface area contributed by atoms with Crippen molar-refractivity contribution in [1.29, 1.82) is 0 Å². The van der Waals surface area contributed by atoms with Gasteiger partial charge in [-0.05, 0) is 31.0 Å². The smallest absolute Gasteiger partial charge is 0.305 e. The fourth-order valence-electron chi connectivity index (χ4n) is 3.44. The van der Waals surface area contributed by atoms with Crippen molar-refractivity contribution in [2.75, 3.05) is 6.61 Å². The molecule has 1 heterocycles. The molecule has 1 amide bonds. The Balaban J connectivity index is 1.78. The summed E-state index contributed by atoms with van der Waals surface area (Å²) in [5.74, 6) is -0.658. The lowest BCUT2D eigenvalue weighted by atomic mass is 9.91. The Kier molecular flexibility index (Phi) is 4.12. The second-order valence-corrected chi connectivity index (χ2v) is 7.01. The van der Waals surface area contributed by atoms with E-state index in [1.165, 1.54) is 0 Å². The lowest BCUT2D eigenvalue weighted by Crippen LogP contribution is -2.49. The Hall–Kier alpha value is -1.56. The van der Waals surface area contributed by atoms with Crippen LogP contribution in [-0.4, -0.2) is 29.1 Å². The van der Waals surface area contributed by atoms with Gasteiger partial charge in [0.15, 0.2) is 0 Å². The molecule has 0 saturated heterocycles. The number of nitrogens with one attached hydrogen (secondary N) is 1. The topological polar surface area (TPSA) is 75.6 Å². The molecule has 2 N–H and O–H groups in total. The Morgan fingerprint density at radius 1 is 1.36 bits per heavy atom. The SMILES string of the molecule is O=C(O)CC1(NC(=O)C2COc3ccc(Br)cc32)CCCC1. The van der Waals surface area contributed by atoms with Gasteiger partial charge in [-0.25, -0.2) is 0 Å². The van der Waals surface area contributed by atoms with E-state index in [4.69, 9.17) is 9.84 Å². The maximum absolute atomic E-state index is 12.7. The summed E-state index contributed by atoms with van der Waals surface area (Å²) in [4.78, 5) is 23.8. The van der Waals surface area contributed by atoms with Gasteiger partial charge < -0.3 is 15.2 Å². The first-order valence-corrected chi connectivity index (χ1v) is 8.24. The second kappa shape index (κ2) is 5.91. The highest BCUT2D eigenvalue weighted by molar-refractivity contribution is 9.10. The first kappa shape index (κ1) is 15.3. The molecule has 1 saturated carbocycles. The van der Waals surface area contributed by atoms with Crippen molar-refractivity contribution in [3.8, 4) is 5.75 Å². The second-order valence-electron chi connectivity index (χ2n) is 6.09. The Morgan fingerprint density at radius 3 is 2.77 bits per heavy atom. The fourth-order valence-corrected chi connectivity index (χ4v) is 3.82. The average Bonchev–Trinajstić information content (AvgIpc) is 3.04. The van der Waals surface area contributed by atoms with Crippen LogP contribution >= 0.6 is 15.9 Å². The van der Waals surface area contributed by atoms with Crippen LogP contribution < -0.4 is 10.1 Å². The molecule has 1 atom stereocenters. The van der Waals surface area contributed by atoms with E-state index in [0.29, 0.717) is 6.61 Å². The lowest BCUT2D eigenvalue weighted by Gasteiger charge is -2.30. The van der Waals surface area contributed by atoms with E-state index in [0.717, 1.165) is 41.5 Å². The Bertz CT molecular complexity index is 610. The zero-order valence-corrected chi connectivity index (χ0v) is 13.7. The minimum Gasteiger partial charge on any atom is -0.492 e. The van der Waals surface area contributed by atoms with Crippen molar-refractivity contribution < 1.29 is 19.4 Å². The van der Waals surface area contributed by atoms with Crippen LogP contribution in [-0.2, 0) is 9.59 Å². The summed E-state index contributed by atoms with van der Waals surface area (Å²) < 4.78 is 6.47. The van der Waals surface area contributed by atoms with E-state index in [9.17, 15) is 9.59 Å². The van der Waals surface area contributed by atoms with Gasteiger partial charge >= 0.3 is 5.97 Å². The van der Waals surface area contributed by atoms with Gasteiger partial charge in [-0.3, -0.25) is 9.59 Å². The van der Waals surface area contributed by atoms with Crippen molar-refractivity contribution in [3.63, 3.8) is 0 Å². The molecule has 6 heteroatoms.